The van der Waals surface area contributed by atoms with E-state index in [1.165, 1.54) is 20.4 Å². The molecule has 0 aromatic carbocycles. The SMILES string of the molecule is O=C1N2CC[n+]3cc[se]c3C2=CC2=C3[Se]C=CC3CCN12.[Br-]. The predicted molar refractivity (Wildman–Crippen MR) is 80.4 cm³/mol. The Labute approximate surface area is 151 Å². The second-order valence-corrected chi connectivity index (χ2v) is 9.47. The number of halogens is 1. The van der Waals surface area contributed by atoms with E-state index in [9.17, 15) is 4.79 Å². The Kier molecular flexibility index (Phi) is 3.74. The van der Waals surface area contributed by atoms with Crippen LogP contribution in [0.25, 0.3) is 5.70 Å². The van der Waals surface area contributed by atoms with Crippen molar-refractivity contribution in [2.75, 3.05) is 13.1 Å². The second kappa shape index (κ2) is 5.50. The molecule has 1 unspecified atom stereocenters. The largest absolute Gasteiger partial charge is 1.00 e. The van der Waals surface area contributed by atoms with Crippen LogP contribution in [0.2, 0.25) is 0 Å². The molecule has 0 saturated carbocycles. The number of carbonyl (C=O) groups excluding carboxylic acids is 1. The number of urea groups is 1. The van der Waals surface area contributed by atoms with E-state index < -0.39 is 0 Å². The van der Waals surface area contributed by atoms with Gasteiger partial charge in [-0.15, -0.1) is 0 Å². The summed E-state index contributed by atoms with van der Waals surface area (Å²) >= 11 is 0.793. The summed E-state index contributed by atoms with van der Waals surface area (Å²) in [5.41, 5.74) is 2.38. The molecule has 114 valence electrons. The molecule has 1 atom stereocenters. The minimum absolute atomic E-state index is 0. The molecule has 4 aliphatic heterocycles. The molecule has 22 heavy (non-hydrogen) atoms. The molecular formula is C15H14BrN3OSe2. The Hall–Kier alpha value is -0.581. The van der Waals surface area contributed by atoms with Crippen LogP contribution >= 0.6 is 0 Å². The summed E-state index contributed by atoms with van der Waals surface area (Å²) < 4.78 is 5.19. The molecule has 1 aromatic rings. The zero-order valence-electron chi connectivity index (χ0n) is 11.7. The number of hydrogen-bond donors (Lipinski definition) is 0. The van der Waals surface area contributed by atoms with Gasteiger partial charge in [0.2, 0.25) is 0 Å². The second-order valence-electron chi connectivity index (χ2n) is 5.61. The normalized spacial score (nSPS) is 25.2. The van der Waals surface area contributed by atoms with Gasteiger partial charge in [0.15, 0.2) is 0 Å². The monoisotopic (exact) mass is 491 g/mol. The van der Waals surface area contributed by atoms with Crippen LogP contribution < -0.4 is 21.5 Å². The van der Waals surface area contributed by atoms with Crippen molar-refractivity contribution < 1.29 is 26.3 Å². The van der Waals surface area contributed by atoms with Crippen molar-refractivity contribution in [2.45, 2.75) is 13.0 Å². The molecule has 0 saturated heterocycles. The van der Waals surface area contributed by atoms with Crippen molar-refractivity contribution in [3.05, 3.63) is 43.0 Å². The van der Waals surface area contributed by atoms with Gasteiger partial charge in [-0.1, -0.05) is 0 Å². The third-order valence-electron chi connectivity index (χ3n) is 4.54. The first kappa shape index (κ1) is 15.0. The van der Waals surface area contributed by atoms with Gasteiger partial charge in [-0.05, 0) is 0 Å². The predicted octanol–water partition coefficient (Wildman–Crippen LogP) is -2.41. The summed E-state index contributed by atoms with van der Waals surface area (Å²) in [4.78, 5) is 21.5. The molecule has 0 N–H and O–H groups in total. The van der Waals surface area contributed by atoms with E-state index in [1.54, 1.807) is 0 Å². The molecule has 1 aromatic heterocycles. The van der Waals surface area contributed by atoms with Crippen molar-refractivity contribution in [1.82, 2.24) is 9.80 Å². The minimum Gasteiger partial charge on any atom is -1.00 e. The van der Waals surface area contributed by atoms with Crippen LogP contribution in [0.15, 0.2) is 38.4 Å². The van der Waals surface area contributed by atoms with Gasteiger partial charge < -0.3 is 17.0 Å². The zero-order chi connectivity index (χ0) is 14.0. The van der Waals surface area contributed by atoms with Gasteiger partial charge in [0.05, 0.1) is 0 Å². The van der Waals surface area contributed by atoms with E-state index in [-0.39, 0.29) is 23.0 Å². The van der Waals surface area contributed by atoms with Crippen molar-refractivity contribution in [1.29, 1.82) is 0 Å². The standard InChI is InChI=1S/C15H14N3OSe2.BrH/c19-15-17-3-1-10-2-7-20-13(10)11(17)9-12-14-16(6-8-21-14)4-5-18(12)15;/h2,6-10H,1,3-5H2;1H/q+1;/p-1. The fourth-order valence-corrected chi connectivity index (χ4v) is 7.65. The van der Waals surface area contributed by atoms with E-state index in [1.807, 2.05) is 9.80 Å². The summed E-state index contributed by atoms with van der Waals surface area (Å²) in [6.45, 7) is 2.61. The van der Waals surface area contributed by atoms with Crippen LogP contribution in [0.5, 0.6) is 0 Å². The number of carbonyl (C=O) groups is 1. The van der Waals surface area contributed by atoms with Gasteiger partial charge in [0.25, 0.3) is 0 Å². The van der Waals surface area contributed by atoms with Gasteiger partial charge in [0.1, 0.15) is 0 Å². The molecule has 0 radical (unpaired) electrons. The van der Waals surface area contributed by atoms with Gasteiger partial charge >= 0.3 is 135 Å². The zero-order valence-corrected chi connectivity index (χ0v) is 16.7. The van der Waals surface area contributed by atoms with Gasteiger partial charge in [-0.3, -0.25) is 0 Å². The van der Waals surface area contributed by atoms with Crippen LogP contribution in [0.3, 0.4) is 0 Å². The third-order valence-corrected chi connectivity index (χ3v) is 8.70. The van der Waals surface area contributed by atoms with E-state index in [4.69, 9.17) is 0 Å². The average Bonchev–Trinajstić information content (AvgIpc) is 3.16. The van der Waals surface area contributed by atoms with E-state index in [0.29, 0.717) is 35.4 Å². The Morgan fingerprint density at radius 2 is 2.18 bits per heavy atom. The smallest absolute Gasteiger partial charge is 1.00 e. The van der Waals surface area contributed by atoms with E-state index in [0.717, 1.165) is 26.1 Å². The fraction of sp³-hybridized carbons (Fsp3) is 0.333. The number of rotatable bonds is 0. The summed E-state index contributed by atoms with van der Waals surface area (Å²) in [6, 6.07) is 0.200. The summed E-state index contributed by atoms with van der Waals surface area (Å²) in [6.07, 6.45) is 7.92. The van der Waals surface area contributed by atoms with E-state index in [2.05, 4.69) is 32.8 Å². The van der Waals surface area contributed by atoms with Crippen LogP contribution in [0.1, 0.15) is 11.0 Å². The van der Waals surface area contributed by atoms with Gasteiger partial charge in [0, 0.05) is 0 Å². The Bertz CT molecular complexity index is 752. The van der Waals surface area contributed by atoms with Crippen LogP contribution in [0, 0.1) is 5.92 Å². The first-order chi connectivity index (χ1) is 10.3. The maximum Gasteiger partial charge on any atom is -1.00 e. The summed E-state index contributed by atoms with van der Waals surface area (Å²) in [5.74, 6) is 0.587. The third kappa shape index (κ3) is 2.00. The van der Waals surface area contributed by atoms with Gasteiger partial charge in [-0.2, -0.15) is 0 Å². The molecule has 4 aliphatic rings. The molecule has 7 heteroatoms. The molecule has 5 heterocycles. The van der Waals surface area contributed by atoms with Gasteiger partial charge in [-0.25, -0.2) is 0 Å². The molecule has 2 amide bonds. The quantitative estimate of drug-likeness (QED) is 0.295. The summed E-state index contributed by atoms with van der Waals surface area (Å²) in [7, 11) is 0. The number of fused-ring (bicyclic) bond motifs is 5. The van der Waals surface area contributed by atoms with Crippen molar-refractivity contribution in [3.8, 4) is 0 Å². The number of nitrogens with zero attached hydrogens (tertiary/aromatic N) is 3. The molecular weight excluding hydrogens is 476 g/mol. The first-order valence-electron chi connectivity index (χ1n) is 7.18. The Balaban J connectivity index is 0.00000125. The molecule has 0 spiro atoms. The summed E-state index contributed by atoms with van der Waals surface area (Å²) in [5, 5.41) is 0. The maximum absolute atomic E-state index is 12.9. The van der Waals surface area contributed by atoms with E-state index >= 15 is 0 Å². The number of aromatic nitrogens is 1. The molecule has 0 fully saturated rings. The van der Waals surface area contributed by atoms with Crippen LogP contribution in [0.4, 0.5) is 4.79 Å². The molecule has 4 nitrogen and oxygen atoms in total. The van der Waals surface area contributed by atoms with Crippen molar-refractivity contribution in [3.63, 3.8) is 0 Å². The van der Waals surface area contributed by atoms with Crippen LogP contribution in [-0.4, -0.2) is 58.4 Å². The number of allylic oxidation sites excluding steroid dienone is 3. The molecule has 0 aliphatic carbocycles. The molecule has 0 bridgehead atoms. The van der Waals surface area contributed by atoms with Crippen molar-refractivity contribution in [2.24, 2.45) is 5.92 Å². The average molecular weight is 490 g/mol. The van der Waals surface area contributed by atoms with Crippen LogP contribution in [-0.2, 0) is 6.54 Å². The number of hydrogen-bond acceptors (Lipinski definition) is 1. The number of amides is 2. The maximum atomic E-state index is 12.9. The topological polar surface area (TPSA) is 27.4 Å². The molecule has 5 rings (SSSR count). The Morgan fingerprint density at radius 3 is 3.09 bits per heavy atom. The van der Waals surface area contributed by atoms with Crippen molar-refractivity contribution >= 4 is 41.2 Å². The minimum atomic E-state index is 0. The fourth-order valence-electron chi connectivity index (χ4n) is 3.47. The Morgan fingerprint density at radius 1 is 1.27 bits per heavy atom. The first-order valence-corrected chi connectivity index (χ1v) is 10.9.